The number of likely N-dealkylation sites (N-methyl/N-ethyl adjacent to an activating group) is 1. The van der Waals surface area contributed by atoms with E-state index in [2.05, 4.69) is 10.1 Å². The molecule has 0 aliphatic heterocycles. The zero-order valence-corrected chi connectivity index (χ0v) is 9.01. The number of aromatic nitrogens is 3. The molecule has 2 N–H and O–H groups in total. The third kappa shape index (κ3) is 1.78. The largest absolute Gasteiger partial charge is 0.358 e. The summed E-state index contributed by atoms with van der Waals surface area (Å²) in [6.07, 6.45) is 3.65. The molecule has 0 aliphatic rings. The van der Waals surface area contributed by atoms with Crippen LogP contribution in [0.3, 0.4) is 0 Å². The number of hydrogen-bond donors (Lipinski definition) is 1. The molecule has 2 aromatic rings. The summed E-state index contributed by atoms with van der Waals surface area (Å²) in [6, 6.07) is 2.03. The Kier molecular flexibility index (Phi) is 2.55. The van der Waals surface area contributed by atoms with Gasteiger partial charge >= 0.3 is 0 Å². The van der Waals surface area contributed by atoms with Crippen molar-refractivity contribution < 1.29 is 0 Å². The van der Waals surface area contributed by atoms with Crippen LogP contribution in [0.15, 0.2) is 18.5 Å². The Morgan fingerprint density at radius 2 is 2.27 bits per heavy atom. The number of aryl methyl sites for hydroxylation is 1. The number of pyridine rings is 1. The van der Waals surface area contributed by atoms with Crippen LogP contribution in [0.4, 0.5) is 5.82 Å². The van der Waals surface area contributed by atoms with Crippen LogP contribution in [0.5, 0.6) is 0 Å². The van der Waals surface area contributed by atoms with Crippen molar-refractivity contribution >= 4 is 16.7 Å². The normalized spacial score (nSPS) is 10.9. The van der Waals surface area contributed by atoms with E-state index in [1.54, 1.807) is 0 Å². The van der Waals surface area contributed by atoms with Gasteiger partial charge in [0.2, 0.25) is 0 Å². The molecule has 0 fully saturated rings. The molecule has 0 aliphatic carbocycles. The Morgan fingerprint density at radius 1 is 1.47 bits per heavy atom. The fraction of sp³-hybridized carbons (Fsp3) is 0.400. The maximum atomic E-state index is 5.50. The van der Waals surface area contributed by atoms with E-state index in [0.717, 1.165) is 23.3 Å². The number of nitrogens with two attached hydrogens (primary N) is 1. The smallest absolute Gasteiger partial charge is 0.130 e. The fourth-order valence-corrected chi connectivity index (χ4v) is 1.55. The summed E-state index contributed by atoms with van der Waals surface area (Å²) in [6.45, 7) is 1.43. The standard InChI is InChI=1S/C10H15N5/c1-14(4-3-11)10-5-9-8(6-12-10)7-13-15(9)2/h5-7H,3-4,11H2,1-2H3. The molecule has 5 heteroatoms. The van der Waals surface area contributed by atoms with Gasteiger partial charge in [-0.25, -0.2) is 4.98 Å². The Balaban J connectivity index is 2.41. The Morgan fingerprint density at radius 3 is 3.00 bits per heavy atom. The zero-order valence-electron chi connectivity index (χ0n) is 9.01. The highest BCUT2D eigenvalue weighted by Gasteiger charge is 2.05. The van der Waals surface area contributed by atoms with Gasteiger partial charge in [-0.2, -0.15) is 5.10 Å². The highest BCUT2D eigenvalue weighted by atomic mass is 15.3. The van der Waals surface area contributed by atoms with E-state index in [1.165, 1.54) is 0 Å². The average molecular weight is 205 g/mol. The molecule has 0 atom stereocenters. The second kappa shape index (κ2) is 3.86. The first kappa shape index (κ1) is 9.92. The lowest BCUT2D eigenvalue weighted by atomic mass is 10.3. The minimum atomic E-state index is 0.627. The summed E-state index contributed by atoms with van der Waals surface area (Å²) in [5.41, 5.74) is 6.59. The minimum Gasteiger partial charge on any atom is -0.358 e. The molecule has 2 heterocycles. The van der Waals surface area contributed by atoms with E-state index in [-0.39, 0.29) is 0 Å². The van der Waals surface area contributed by atoms with Crippen molar-refractivity contribution in [2.24, 2.45) is 12.8 Å². The highest BCUT2D eigenvalue weighted by Crippen LogP contribution is 2.17. The van der Waals surface area contributed by atoms with Gasteiger partial charge in [0, 0.05) is 44.8 Å². The van der Waals surface area contributed by atoms with Crippen LogP contribution in [0, 0.1) is 0 Å². The number of rotatable bonds is 3. The van der Waals surface area contributed by atoms with Gasteiger partial charge in [-0.1, -0.05) is 0 Å². The van der Waals surface area contributed by atoms with Gasteiger partial charge in [0.05, 0.1) is 11.7 Å². The summed E-state index contributed by atoms with van der Waals surface area (Å²) in [4.78, 5) is 6.39. The zero-order chi connectivity index (χ0) is 10.8. The SMILES string of the molecule is CN(CCN)c1cc2c(cn1)cnn2C. The fourth-order valence-electron chi connectivity index (χ4n) is 1.55. The van der Waals surface area contributed by atoms with Crippen molar-refractivity contribution in [3.8, 4) is 0 Å². The molecular formula is C10H15N5. The maximum Gasteiger partial charge on any atom is 0.130 e. The monoisotopic (exact) mass is 205 g/mol. The first-order valence-corrected chi connectivity index (χ1v) is 4.91. The molecule has 2 aromatic heterocycles. The van der Waals surface area contributed by atoms with Crippen molar-refractivity contribution in [1.29, 1.82) is 0 Å². The van der Waals surface area contributed by atoms with Crippen LogP contribution < -0.4 is 10.6 Å². The van der Waals surface area contributed by atoms with E-state index >= 15 is 0 Å². The number of hydrogen-bond acceptors (Lipinski definition) is 4. The van der Waals surface area contributed by atoms with Crippen LogP contribution in [0.25, 0.3) is 10.9 Å². The Bertz CT molecular complexity index is 462. The number of anilines is 1. The summed E-state index contributed by atoms with van der Waals surface area (Å²) >= 11 is 0. The summed E-state index contributed by atoms with van der Waals surface area (Å²) in [5, 5.41) is 5.23. The average Bonchev–Trinajstić information content (AvgIpc) is 2.60. The van der Waals surface area contributed by atoms with Crippen molar-refractivity contribution in [2.75, 3.05) is 25.0 Å². The lowest BCUT2D eigenvalue weighted by molar-refractivity contribution is 0.795. The molecule has 0 amide bonds. The van der Waals surface area contributed by atoms with Crippen molar-refractivity contribution in [2.45, 2.75) is 0 Å². The topological polar surface area (TPSA) is 60.0 Å². The highest BCUT2D eigenvalue weighted by molar-refractivity contribution is 5.80. The van der Waals surface area contributed by atoms with E-state index in [9.17, 15) is 0 Å². The van der Waals surface area contributed by atoms with Crippen LogP contribution in [-0.4, -0.2) is 34.9 Å². The summed E-state index contributed by atoms with van der Waals surface area (Å²) in [5.74, 6) is 0.927. The molecule has 0 aromatic carbocycles. The Hall–Kier alpha value is -1.62. The second-order valence-electron chi connectivity index (χ2n) is 3.58. The molecule has 2 rings (SSSR count). The predicted octanol–water partition coefficient (Wildman–Crippen LogP) is 0.363. The van der Waals surface area contributed by atoms with Gasteiger partial charge in [-0.05, 0) is 0 Å². The third-order valence-corrected chi connectivity index (χ3v) is 2.47. The summed E-state index contributed by atoms with van der Waals surface area (Å²) in [7, 11) is 3.91. The van der Waals surface area contributed by atoms with E-state index in [1.807, 2.05) is 42.1 Å². The number of fused-ring (bicyclic) bond motifs is 1. The minimum absolute atomic E-state index is 0.627. The third-order valence-electron chi connectivity index (χ3n) is 2.47. The van der Waals surface area contributed by atoms with Crippen molar-refractivity contribution in [3.05, 3.63) is 18.5 Å². The van der Waals surface area contributed by atoms with Crippen molar-refractivity contribution in [1.82, 2.24) is 14.8 Å². The first-order valence-electron chi connectivity index (χ1n) is 4.91. The maximum absolute atomic E-state index is 5.50. The predicted molar refractivity (Wildman–Crippen MR) is 60.8 cm³/mol. The van der Waals surface area contributed by atoms with Crippen LogP contribution in [0.1, 0.15) is 0 Å². The molecule has 15 heavy (non-hydrogen) atoms. The molecule has 0 saturated heterocycles. The van der Waals surface area contributed by atoms with Gasteiger partial charge < -0.3 is 10.6 Å². The van der Waals surface area contributed by atoms with Crippen LogP contribution in [0.2, 0.25) is 0 Å². The Labute approximate surface area is 88.5 Å². The van der Waals surface area contributed by atoms with Crippen LogP contribution >= 0.6 is 0 Å². The van der Waals surface area contributed by atoms with E-state index < -0.39 is 0 Å². The van der Waals surface area contributed by atoms with E-state index in [0.29, 0.717) is 6.54 Å². The van der Waals surface area contributed by atoms with Gasteiger partial charge in [-0.3, -0.25) is 4.68 Å². The van der Waals surface area contributed by atoms with Crippen LogP contribution in [-0.2, 0) is 7.05 Å². The quantitative estimate of drug-likeness (QED) is 0.786. The van der Waals surface area contributed by atoms with Gasteiger partial charge in [0.15, 0.2) is 0 Å². The summed E-state index contributed by atoms with van der Waals surface area (Å²) < 4.78 is 1.84. The molecule has 0 saturated carbocycles. The molecule has 0 bridgehead atoms. The molecule has 0 spiro atoms. The van der Waals surface area contributed by atoms with Crippen molar-refractivity contribution in [3.63, 3.8) is 0 Å². The lowest BCUT2D eigenvalue weighted by Crippen LogP contribution is -2.25. The lowest BCUT2D eigenvalue weighted by Gasteiger charge is -2.16. The molecule has 0 radical (unpaired) electrons. The molecule has 5 nitrogen and oxygen atoms in total. The second-order valence-corrected chi connectivity index (χ2v) is 3.58. The van der Waals surface area contributed by atoms with Gasteiger partial charge in [-0.15, -0.1) is 0 Å². The number of nitrogens with zero attached hydrogens (tertiary/aromatic N) is 4. The molecule has 80 valence electrons. The van der Waals surface area contributed by atoms with Gasteiger partial charge in [0.1, 0.15) is 5.82 Å². The first-order chi connectivity index (χ1) is 7.22. The molecular weight excluding hydrogens is 190 g/mol. The van der Waals surface area contributed by atoms with Gasteiger partial charge in [0.25, 0.3) is 0 Å². The molecule has 0 unspecified atom stereocenters. The van der Waals surface area contributed by atoms with E-state index in [4.69, 9.17) is 5.73 Å².